The molecule has 0 unspecified atom stereocenters. The number of ether oxygens (including phenoxy) is 2. The molecule has 0 spiro atoms. The van der Waals surface area contributed by atoms with Crippen LogP contribution in [0.4, 0.5) is 5.82 Å². The molecule has 3 rings (SSSR count). The molecule has 152 valence electrons. The maximum Gasteiger partial charge on any atom is 0.337 e. The lowest BCUT2D eigenvalue weighted by Crippen LogP contribution is -2.49. The molecule has 8 nitrogen and oxygen atoms in total. The number of β-amino-alcohol motifs (C(OH)–C–C–N with tert-alkyl or cyclic N) is 1. The second-order valence-corrected chi connectivity index (χ2v) is 6.75. The zero-order valence-corrected chi connectivity index (χ0v) is 16.3. The van der Waals surface area contributed by atoms with Crippen LogP contribution >= 0.6 is 0 Å². The molecule has 1 aliphatic rings. The molecule has 1 saturated heterocycles. The number of anilines is 1. The number of nitrogens with zero attached hydrogens (tertiary/aromatic N) is 4. The van der Waals surface area contributed by atoms with Gasteiger partial charge in [0.2, 0.25) is 0 Å². The molecular weight excluding hydrogens is 372 g/mol. The SMILES string of the molecule is COC(=O)c1ccc(OC[C@@H](O)CN2CCN(c3ncccc3C#N)CC2)cc1. The fraction of sp³-hybridized carbons (Fsp3) is 0.381. The van der Waals surface area contributed by atoms with E-state index >= 15 is 0 Å². The first-order chi connectivity index (χ1) is 14.1. The number of rotatable bonds is 7. The number of benzene rings is 1. The lowest BCUT2D eigenvalue weighted by atomic mass is 10.2. The summed E-state index contributed by atoms with van der Waals surface area (Å²) in [6, 6.07) is 12.3. The van der Waals surface area contributed by atoms with Crippen molar-refractivity contribution in [3.63, 3.8) is 0 Å². The van der Waals surface area contributed by atoms with Crippen LogP contribution in [0.3, 0.4) is 0 Å². The molecule has 1 N–H and O–H groups in total. The van der Waals surface area contributed by atoms with Gasteiger partial charge in [0.25, 0.3) is 0 Å². The lowest BCUT2D eigenvalue weighted by Gasteiger charge is -2.36. The summed E-state index contributed by atoms with van der Waals surface area (Å²) in [7, 11) is 1.34. The average molecular weight is 396 g/mol. The lowest BCUT2D eigenvalue weighted by molar-refractivity contribution is 0.0599. The van der Waals surface area contributed by atoms with E-state index in [2.05, 4.69) is 25.6 Å². The highest BCUT2D eigenvalue weighted by Crippen LogP contribution is 2.18. The first-order valence-corrected chi connectivity index (χ1v) is 9.42. The largest absolute Gasteiger partial charge is 0.491 e. The van der Waals surface area contributed by atoms with Crippen molar-refractivity contribution in [3.05, 3.63) is 53.7 Å². The van der Waals surface area contributed by atoms with E-state index in [1.165, 1.54) is 7.11 Å². The van der Waals surface area contributed by atoms with Crippen LogP contribution in [0.5, 0.6) is 5.75 Å². The monoisotopic (exact) mass is 396 g/mol. The molecule has 1 atom stereocenters. The van der Waals surface area contributed by atoms with Crippen LogP contribution in [0, 0.1) is 11.3 Å². The molecule has 1 aromatic carbocycles. The quantitative estimate of drug-likeness (QED) is 0.700. The molecule has 1 fully saturated rings. The van der Waals surface area contributed by atoms with Crippen molar-refractivity contribution in [3.8, 4) is 11.8 Å². The molecule has 0 radical (unpaired) electrons. The van der Waals surface area contributed by atoms with Gasteiger partial charge in [0.15, 0.2) is 0 Å². The van der Waals surface area contributed by atoms with Gasteiger partial charge in [-0.3, -0.25) is 4.90 Å². The summed E-state index contributed by atoms with van der Waals surface area (Å²) in [5.41, 5.74) is 1.03. The minimum Gasteiger partial charge on any atom is -0.491 e. The zero-order chi connectivity index (χ0) is 20.6. The van der Waals surface area contributed by atoms with E-state index < -0.39 is 12.1 Å². The summed E-state index contributed by atoms with van der Waals surface area (Å²) < 4.78 is 10.3. The summed E-state index contributed by atoms with van der Waals surface area (Å²) in [5.74, 6) is 0.901. The summed E-state index contributed by atoms with van der Waals surface area (Å²) in [6.45, 7) is 3.69. The Balaban J connectivity index is 1.43. The van der Waals surface area contributed by atoms with Crippen LogP contribution < -0.4 is 9.64 Å². The standard InChI is InChI=1S/C21H24N4O4/c1-28-21(27)16-4-6-19(7-5-16)29-15-18(26)14-24-9-11-25(12-10-24)20-17(13-22)3-2-8-23-20/h2-8,18,26H,9-12,14-15H2,1H3/t18-/m0/s1. The molecule has 0 aliphatic carbocycles. The molecule has 1 aliphatic heterocycles. The molecule has 29 heavy (non-hydrogen) atoms. The highest BCUT2D eigenvalue weighted by molar-refractivity contribution is 5.89. The van der Waals surface area contributed by atoms with E-state index in [1.807, 2.05) is 0 Å². The van der Waals surface area contributed by atoms with Gasteiger partial charge in [-0.1, -0.05) is 0 Å². The Morgan fingerprint density at radius 2 is 1.97 bits per heavy atom. The molecule has 2 heterocycles. The van der Waals surface area contributed by atoms with E-state index in [4.69, 9.17) is 4.74 Å². The Morgan fingerprint density at radius 3 is 2.62 bits per heavy atom. The van der Waals surface area contributed by atoms with E-state index in [9.17, 15) is 15.2 Å². The Morgan fingerprint density at radius 1 is 1.24 bits per heavy atom. The van der Waals surface area contributed by atoms with Gasteiger partial charge >= 0.3 is 5.97 Å². The first-order valence-electron chi connectivity index (χ1n) is 9.42. The van der Waals surface area contributed by atoms with Crippen molar-refractivity contribution in [2.45, 2.75) is 6.10 Å². The van der Waals surface area contributed by atoms with Crippen molar-refractivity contribution in [1.82, 2.24) is 9.88 Å². The second-order valence-electron chi connectivity index (χ2n) is 6.75. The third-order valence-corrected chi connectivity index (χ3v) is 4.77. The molecule has 1 aromatic heterocycles. The van der Waals surface area contributed by atoms with Gasteiger partial charge in [0.1, 0.15) is 30.3 Å². The Bertz CT molecular complexity index is 858. The molecule has 0 bridgehead atoms. The van der Waals surface area contributed by atoms with Crippen molar-refractivity contribution < 1.29 is 19.4 Å². The summed E-state index contributed by atoms with van der Waals surface area (Å²) in [4.78, 5) is 20.0. The first kappa shape index (κ1) is 20.6. The summed E-state index contributed by atoms with van der Waals surface area (Å²) >= 11 is 0. The van der Waals surface area contributed by atoms with E-state index in [1.54, 1.807) is 42.6 Å². The van der Waals surface area contributed by atoms with Gasteiger partial charge in [-0.2, -0.15) is 5.26 Å². The predicted molar refractivity (Wildman–Crippen MR) is 107 cm³/mol. The molecule has 8 heteroatoms. The number of hydrogen-bond donors (Lipinski definition) is 1. The fourth-order valence-corrected chi connectivity index (χ4v) is 3.23. The second kappa shape index (κ2) is 9.87. The number of aliphatic hydroxyl groups is 1. The minimum atomic E-state index is -0.633. The van der Waals surface area contributed by atoms with E-state index in [0.29, 0.717) is 29.2 Å². The summed E-state index contributed by atoms with van der Waals surface area (Å²) in [6.07, 6.45) is 1.06. The predicted octanol–water partition coefficient (Wildman–Crippen LogP) is 1.30. The highest BCUT2D eigenvalue weighted by atomic mass is 16.5. The smallest absolute Gasteiger partial charge is 0.337 e. The van der Waals surface area contributed by atoms with Crippen molar-refractivity contribution >= 4 is 11.8 Å². The number of aliphatic hydroxyl groups excluding tert-OH is 1. The van der Waals surface area contributed by atoms with Crippen molar-refractivity contribution in [2.24, 2.45) is 0 Å². The van der Waals surface area contributed by atoms with Crippen LogP contribution in [0.2, 0.25) is 0 Å². The Labute approximate surface area is 169 Å². The number of carbonyl (C=O) groups excluding carboxylic acids is 1. The number of carbonyl (C=O) groups is 1. The number of methoxy groups -OCH3 is 1. The molecular formula is C21H24N4O4. The third-order valence-electron chi connectivity index (χ3n) is 4.77. The topological polar surface area (TPSA) is 98.9 Å². The minimum absolute atomic E-state index is 0.163. The van der Waals surface area contributed by atoms with Crippen LogP contribution in [-0.2, 0) is 4.74 Å². The van der Waals surface area contributed by atoms with Gasteiger partial charge < -0.3 is 19.5 Å². The Hall–Kier alpha value is -3.15. The number of piperazine rings is 1. The van der Waals surface area contributed by atoms with Crippen molar-refractivity contribution in [1.29, 1.82) is 5.26 Å². The molecule has 0 saturated carbocycles. The van der Waals surface area contributed by atoms with Gasteiger partial charge in [-0.25, -0.2) is 9.78 Å². The van der Waals surface area contributed by atoms with E-state index in [-0.39, 0.29) is 6.61 Å². The number of aromatic nitrogens is 1. The van der Waals surface area contributed by atoms with Crippen LogP contribution in [0.15, 0.2) is 42.6 Å². The number of esters is 1. The average Bonchev–Trinajstić information content (AvgIpc) is 2.78. The van der Waals surface area contributed by atoms with Crippen molar-refractivity contribution in [2.75, 3.05) is 51.3 Å². The van der Waals surface area contributed by atoms with Gasteiger partial charge in [0.05, 0.1) is 18.2 Å². The maximum absolute atomic E-state index is 11.4. The normalized spacial score (nSPS) is 15.4. The number of nitriles is 1. The van der Waals surface area contributed by atoms with Gasteiger partial charge in [0, 0.05) is 38.9 Å². The number of hydrogen-bond acceptors (Lipinski definition) is 8. The highest BCUT2D eigenvalue weighted by Gasteiger charge is 2.22. The third kappa shape index (κ3) is 5.44. The van der Waals surface area contributed by atoms with Crippen LogP contribution in [0.1, 0.15) is 15.9 Å². The summed E-state index contributed by atoms with van der Waals surface area (Å²) in [5, 5.41) is 19.5. The maximum atomic E-state index is 11.4. The number of pyridine rings is 1. The zero-order valence-electron chi connectivity index (χ0n) is 16.3. The molecule has 0 amide bonds. The Kier molecular flexibility index (Phi) is 7.00. The van der Waals surface area contributed by atoms with Crippen LogP contribution in [-0.4, -0.2) is 73.5 Å². The van der Waals surface area contributed by atoms with Gasteiger partial charge in [-0.05, 0) is 36.4 Å². The van der Waals surface area contributed by atoms with Crippen LogP contribution in [0.25, 0.3) is 0 Å². The fourth-order valence-electron chi connectivity index (χ4n) is 3.23. The molecule has 2 aromatic rings. The van der Waals surface area contributed by atoms with E-state index in [0.717, 1.165) is 26.2 Å². The van der Waals surface area contributed by atoms with Gasteiger partial charge in [-0.15, -0.1) is 0 Å².